The summed E-state index contributed by atoms with van der Waals surface area (Å²) in [7, 11) is 0. The molecule has 2 nitrogen and oxygen atoms in total. The summed E-state index contributed by atoms with van der Waals surface area (Å²) in [6, 6.07) is 16.4. The predicted octanol–water partition coefficient (Wildman–Crippen LogP) is 3.38. The summed E-state index contributed by atoms with van der Waals surface area (Å²) >= 11 is 0. The van der Waals surface area contributed by atoms with E-state index in [1.807, 2.05) is 47.4 Å². The van der Waals surface area contributed by atoms with Crippen LogP contribution in [0.3, 0.4) is 0 Å². The molecule has 0 saturated carbocycles. The van der Waals surface area contributed by atoms with Gasteiger partial charge in [0.25, 0.3) is 0 Å². The molecule has 3 heteroatoms. The molecule has 1 heterocycles. The van der Waals surface area contributed by atoms with Crippen LogP contribution in [0.4, 0.5) is 4.39 Å². The number of hydrogen-bond acceptors (Lipinski definition) is 1. The van der Waals surface area contributed by atoms with Crippen molar-refractivity contribution in [2.45, 2.75) is 18.8 Å². The van der Waals surface area contributed by atoms with Crippen LogP contribution in [-0.4, -0.2) is 23.9 Å². The molecule has 1 fully saturated rings. The molecule has 1 aliphatic rings. The Morgan fingerprint density at radius 3 is 2.52 bits per heavy atom. The highest BCUT2D eigenvalue weighted by molar-refractivity contribution is 5.79. The Hall–Kier alpha value is -2.16. The SMILES string of the molecule is O=C(Cc1ccccc1)N1CC[C@@H](c2ccc(F)cc2)C1. The zero-order valence-corrected chi connectivity index (χ0v) is 11.8. The van der Waals surface area contributed by atoms with Gasteiger partial charge in [-0.3, -0.25) is 4.79 Å². The van der Waals surface area contributed by atoms with Gasteiger partial charge in [-0.05, 0) is 29.7 Å². The fourth-order valence-corrected chi connectivity index (χ4v) is 2.88. The number of nitrogens with zero attached hydrogens (tertiary/aromatic N) is 1. The lowest BCUT2D eigenvalue weighted by Crippen LogP contribution is -2.29. The molecule has 108 valence electrons. The molecule has 2 aromatic carbocycles. The van der Waals surface area contributed by atoms with Gasteiger partial charge in [0.1, 0.15) is 5.82 Å². The van der Waals surface area contributed by atoms with Crippen molar-refractivity contribution in [3.8, 4) is 0 Å². The van der Waals surface area contributed by atoms with Gasteiger partial charge < -0.3 is 4.90 Å². The average molecular weight is 283 g/mol. The molecule has 0 radical (unpaired) electrons. The molecule has 0 N–H and O–H groups in total. The highest BCUT2D eigenvalue weighted by Gasteiger charge is 2.27. The third kappa shape index (κ3) is 3.30. The van der Waals surface area contributed by atoms with Gasteiger partial charge >= 0.3 is 0 Å². The third-order valence-electron chi connectivity index (χ3n) is 4.08. The van der Waals surface area contributed by atoms with Crippen molar-refractivity contribution in [3.05, 3.63) is 71.5 Å². The molecule has 0 spiro atoms. The maximum absolute atomic E-state index is 13.0. The third-order valence-corrected chi connectivity index (χ3v) is 4.08. The van der Waals surface area contributed by atoms with Gasteiger partial charge in [0.15, 0.2) is 0 Å². The lowest BCUT2D eigenvalue weighted by molar-refractivity contribution is -0.129. The van der Waals surface area contributed by atoms with E-state index in [9.17, 15) is 9.18 Å². The molecule has 0 aliphatic carbocycles. The second kappa shape index (κ2) is 6.08. The molecule has 1 saturated heterocycles. The van der Waals surface area contributed by atoms with E-state index < -0.39 is 0 Å². The standard InChI is InChI=1S/C18H18FNO/c19-17-8-6-15(7-9-17)16-10-11-20(13-16)18(21)12-14-4-2-1-3-5-14/h1-9,16H,10-13H2/t16-/m1/s1. The van der Waals surface area contributed by atoms with Crippen molar-refractivity contribution in [2.75, 3.05) is 13.1 Å². The first-order valence-electron chi connectivity index (χ1n) is 7.29. The number of carbonyl (C=O) groups excluding carboxylic acids is 1. The van der Waals surface area contributed by atoms with Crippen LogP contribution in [0.1, 0.15) is 23.5 Å². The molecule has 3 rings (SSSR count). The quantitative estimate of drug-likeness (QED) is 0.845. The number of benzene rings is 2. The molecule has 2 aromatic rings. The van der Waals surface area contributed by atoms with Crippen LogP contribution >= 0.6 is 0 Å². The van der Waals surface area contributed by atoms with Crippen LogP contribution in [0.5, 0.6) is 0 Å². The highest BCUT2D eigenvalue weighted by Crippen LogP contribution is 2.27. The minimum atomic E-state index is -0.214. The average Bonchev–Trinajstić information content (AvgIpc) is 2.99. The number of likely N-dealkylation sites (tertiary alicyclic amines) is 1. The highest BCUT2D eigenvalue weighted by atomic mass is 19.1. The molecule has 21 heavy (non-hydrogen) atoms. The lowest BCUT2D eigenvalue weighted by atomic mass is 9.99. The Morgan fingerprint density at radius 2 is 1.81 bits per heavy atom. The van der Waals surface area contributed by atoms with E-state index in [1.165, 1.54) is 12.1 Å². The number of hydrogen-bond donors (Lipinski definition) is 0. The van der Waals surface area contributed by atoms with Crippen LogP contribution in [0.15, 0.2) is 54.6 Å². The maximum atomic E-state index is 13.0. The predicted molar refractivity (Wildman–Crippen MR) is 80.5 cm³/mol. The van der Waals surface area contributed by atoms with Gasteiger partial charge in [-0.25, -0.2) is 4.39 Å². The van der Waals surface area contributed by atoms with Gasteiger partial charge in [0.05, 0.1) is 6.42 Å². The normalized spacial score (nSPS) is 18.0. The largest absolute Gasteiger partial charge is 0.342 e. The van der Waals surface area contributed by atoms with E-state index in [1.54, 1.807) is 0 Å². The number of halogens is 1. The van der Waals surface area contributed by atoms with E-state index in [2.05, 4.69) is 0 Å². The fourth-order valence-electron chi connectivity index (χ4n) is 2.88. The molecule has 1 atom stereocenters. The summed E-state index contributed by atoms with van der Waals surface area (Å²) in [4.78, 5) is 14.2. The lowest BCUT2D eigenvalue weighted by Gasteiger charge is -2.17. The van der Waals surface area contributed by atoms with Crippen molar-refractivity contribution >= 4 is 5.91 Å². The van der Waals surface area contributed by atoms with Gasteiger partial charge in [-0.1, -0.05) is 42.5 Å². The van der Waals surface area contributed by atoms with Crippen molar-refractivity contribution in [1.29, 1.82) is 0 Å². The molecule has 1 aliphatic heterocycles. The van der Waals surface area contributed by atoms with E-state index >= 15 is 0 Å². The number of carbonyl (C=O) groups is 1. The Labute approximate surface area is 124 Å². The van der Waals surface area contributed by atoms with E-state index in [4.69, 9.17) is 0 Å². The summed E-state index contributed by atoms with van der Waals surface area (Å²) in [6.45, 7) is 1.52. The fraction of sp³-hybridized carbons (Fsp3) is 0.278. The summed E-state index contributed by atoms with van der Waals surface area (Å²) < 4.78 is 13.0. The first-order valence-corrected chi connectivity index (χ1v) is 7.29. The first kappa shape index (κ1) is 13.8. The van der Waals surface area contributed by atoms with E-state index in [0.29, 0.717) is 12.3 Å². The molecule has 1 amide bonds. The first-order chi connectivity index (χ1) is 10.2. The Balaban J connectivity index is 1.61. The van der Waals surface area contributed by atoms with Gasteiger partial charge in [-0.15, -0.1) is 0 Å². The van der Waals surface area contributed by atoms with Crippen LogP contribution in [0.25, 0.3) is 0 Å². The maximum Gasteiger partial charge on any atom is 0.227 e. The van der Waals surface area contributed by atoms with Crippen molar-refractivity contribution < 1.29 is 9.18 Å². The van der Waals surface area contributed by atoms with E-state index in [0.717, 1.165) is 30.6 Å². The van der Waals surface area contributed by atoms with Gasteiger partial charge in [0, 0.05) is 19.0 Å². The monoisotopic (exact) mass is 283 g/mol. The van der Waals surface area contributed by atoms with E-state index in [-0.39, 0.29) is 11.7 Å². The zero-order valence-electron chi connectivity index (χ0n) is 11.8. The van der Waals surface area contributed by atoms with Gasteiger partial charge in [0.2, 0.25) is 5.91 Å². The van der Waals surface area contributed by atoms with Crippen LogP contribution in [0, 0.1) is 5.82 Å². The van der Waals surface area contributed by atoms with Crippen LogP contribution in [-0.2, 0) is 11.2 Å². The Kier molecular flexibility index (Phi) is 4.00. The summed E-state index contributed by atoms with van der Waals surface area (Å²) in [5.74, 6) is 0.282. The Morgan fingerprint density at radius 1 is 1.10 bits per heavy atom. The van der Waals surface area contributed by atoms with Crippen LogP contribution in [0.2, 0.25) is 0 Å². The topological polar surface area (TPSA) is 20.3 Å². The smallest absolute Gasteiger partial charge is 0.227 e. The van der Waals surface area contributed by atoms with Crippen LogP contribution < -0.4 is 0 Å². The molecule has 0 unspecified atom stereocenters. The minimum absolute atomic E-state index is 0.172. The zero-order chi connectivity index (χ0) is 14.7. The number of rotatable bonds is 3. The second-order valence-corrected chi connectivity index (χ2v) is 5.54. The summed E-state index contributed by atoms with van der Waals surface area (Å²) in [5.41, 5.74) is 2.17. The summed E-state index contributed by atoms with van der Waals surface area (Å²) in [5, 5.41) is 0. The molecular weight excluding hydrogens is 265 g/mol. The Bertz CT molecular complexity index is 609. The molecule has 0 aromatic heterocycles. The van der Waals surface area contributed by atoms with Gasteiger partial charge in [-0.2, -0.15) is 0 Å². The minimum Gasteiger partial charge on any atom is -0.342 e. The molecular formula is C18H18FNO. The van der Waals surface area contributed by atoms with Crippen molar-refractivity contribution in [3.63, 3.8) is 0 Å². The van der Waals surface area contributed by atoms with Crippen molar-refractivity contribution in [2.24, 2.45) is 0 Å². The van der Waals surface area contributed by atoms with Crippen molar-refractivity contribution in [1.82, 2.24) is 4.90 Å². The summed E-state index contributed by atoms with van der Waals surface area (Å²) in [6.07, 6.45) is 1.41. The molecule has 0 bridgehead atoms. The number of amides is 1. The second-order valence-electron chi connectivity index (χ2n) is 5.54.